The number of hydrogen-bond acceptors (Lipinski definition) is 2. The van der Waals surface area contributed by atoms with Gasteiger partial charge in [-0.05, 0) is 24.6 Å². The molecule has 0 aliphatic rings. The first-order valence-corrected chi connectivity index (χ1v) is 7.86. The summed E-state index contributed by atoms with van der Waals surface area (Å²) in [5.41, 5.74) is 0. The molecular formula is C10H27NOSi. The summed E-state index contributed by atoms with van der Waals surface area (Å²) < 4.78 is 5.97. The molecule has 0 saturated heterocycles. The third-order valence-electron chi connectivity index (χ3n) is 2.77. The molecule has 3 N–H and O–H groups in total. The molecule has 0 aliphatic carbocycles. The summed E-state index contributed by atoms with van der Waals surface area (Å²) in [6.07, 6.45) is 2.43. The molecule has 13 heavy (non-hydrogen) atoms. The third kappa shape index (κ3) is 5.44. The van der Waals surface area contributed by atoms with Gasteiger partial charge in [-0.3, -0.25) is 0 Å². The Bertz CT molecular complexity index is 129. The molecule has 0 radical (unpaired) electrons. The fraction of sp³-hybridized carbons (Fsp3) is 1.00. The van der Waals surface area contributed by atoms with Crippen molar-refractivity contribution in [3.8, 4) is 0 Å². The van der Waals surface area contributed by atoms with E-state index in [-0.39, 0.29) is 6.15 Å². The summed E-state index contributed by atoms with van der Waals surface area (Å²) in [7, 11) is -1.44. The quantitative estimate of drug-likeness (QED) is 0.557. The highest BCUT2D eigenvalue weighted by molar-refractivity contribution is 6.74. The van der Waals surface area contributed by atoms with Gasteiger partial charge in [0, 0.05) is 6.61 Å². The molecule has 0 saturated carbocycles. The van der Waals surface area contributed by atoms with Crippen molar-refractivity contribution in [3.05, 3.63) is 0 Å². The summed E-state index contributed by atoms with van der Waals surface area (Å²) in [5.74, 6) is 0. The van der Waals surface area contributed by atoms with Crippen molar-refractivity contribution < 1.29 is 4.43 Å². The zero-order valence-corrected chi connectivity index (χ0v) is 11.2. The summed E-state index contributed by atoms with van der Waals surface area (Å²) in [4.78, 5) is 0. The van der Waals surface area contributed by atoms with Crippen LogP contribution in [0.1, 0.15) is 40.5 Å². The van der Waals surface area contributed by atoms with Gasteiger partial charge in [0.2, 0.25) is 0 Å². The molecule has 0 aromatic heterocycles. The van der Waals surface area contributed by atoms with Crippen LogP contribution in [0.15, 0.2) is 0 Å². The second-order valence-electron chi connectivity index (χ2n) is 4.96. The van der Waals surface area contributed by atoms with Gasteiger partial charge >= 0.3 is 0 Å². The highest BCUT2D eigenvalue weighted by atomic mass is 28.4. The number of hydrogen-bond donors (Lipinski definition) is 1. The normalized spacial score (nSPS) is 12.5. The maximum absolute atomic E-state index is 5.97. The molecule has 0 aromatic carbocycles. The Morgan fingerprint density at radius 3 is 1.92 bits per heavy atom. The molecule has 0 heterocycles. The van der Waals surface area contributed by atoms with Crippen molar-refractivity contribution in [2.45, 2.75) is 58.7 Å². The van der Waals surface area contributed by atoms with Crippen molar-refractivity contribution in [1.29, 1.82) is 0 Å². The van der Waals surface area contributed by atoms with Crippen molar-refractivity contribution >= 4 is 8.32 Å². The minimum Gasteiger partial charge on any atom is -0.417 e. The molecule has 0 aromatic rings. The zero-order chi connectivity index (χ0) is 9.83. The van der Waals surface area contributed by atoms with Crippen LogP contribution in [0.3, 0.4) is 0 Å². The smallest absolute Gasteiger partial charge is 0.191 e. The van der Waals surface area contributed by atoms with Crippen LogP contribution in [-0.2, 0) is 4.43 Å². The average Bonchev–Trinajstić information content (AvgIpc) is 1.85. The minimum atomic E-state index is -1.44. The Labute approximate surface area is 84.8 Å². The third-order valence-corrected chi connectivity index (χ3v) is 7.31. The van der Waals surface area contributed by atoms with E-state index in [1.165, 1.54) is 12.8 Å². The maximum atomic E-state index is 5.97. The largest absolute Gasteiger partial charge is 0.417 e. The molecule has 0 aliphatic heterocycles. The molecule has 0 unspecified atom stereocenters. The Morgan fingerprint density at radius 1 is 1.15 bits per heavy atom. The van der Waals surface area contributed by atoms with Gasteiger partial charge in [-0.15, -0.1) is 0 Å². The molecule has 0 atom stereocenters. The second-order valence-corrected chi connectivity index (χ2v) is 9.77. The first-order chi connectivity index (χ1) is 5.31. The predicted molar refractivity (Wildman–Crippen MR) is 63.1 cm³/mol. The van der Waals surface area contributed by atoms with E-state index in [0.717, 1.165) is 6.61 Å². The second kappa shape index (κ2) is 5.78. The molecular weight excluding hydrogens is 178 g/mol. The van der Waals surface area contributed by atoms with Crippen LogP contribution in [0.4, 0.5) is 0 Å². The van der Waals surface area contributed by atoms with Crippen molar-refractivity contribution in [2.75, 3.05) is 6.61 Å². The lowest BCUT2D eigenvalue weighted by Crippen LogP contribution is -2.40. The van der Waals surface area contributed by atoms with E-state index < -0.39 is 8.32 Å². The lowest BCUT2D eigenvalue weighted by Gasteiger charge is -2.36. The Hall–Kier alpha value is 0.137. The molecule has 2 nitrogen and oxygen atoms in total. The zero-order valence-electron chi connectivity index (χ0n) is 10.2. The van der Waals surface area contributed by atoms with E-state index in [1.807, 2.05) is 0 Å². The standard InChI is InChI=1S/C10H24OSi.H3N/c1-7-8-9-11-12(5,6)10(2,3)4;/h7-9H2,1-6H3;1H3. The van der Waals surface area contributed by atoms with Crippen LogP contribution in [0.2, 0.25) is 18.1 Å². The van der Waals surface area contributed by atoms with Crippen LogP contribution in [0.5, 0.6) is 0 Å². The van der Waals surface area contributed by atoms with E-state index in [9.17, 15) is 0 Å². The van der Waals surface area contributed by atoms with Gasteiger partial charge in [-0.25, -0.2) is 0 Å². The topological polar surface area (TPSA) is 44.2 Å². The molecule has 0 bridgehead atoms. The lowest BCUT2D eigenvalue weighted by molar-refractivity contribution is 0.281. The van der Waals surface area contributed by atoms with Crippen molar-refractivity contribution in [1.82, 2.24) is 6.15 Å². The highest BCUT2D eigenvalue weighted by Crippen LogP contribution is 2.36. The van der Waals surface area contributed by atoms with Gasteiger partial charge in [-0.1, -0.05) is 34.1 Å². The highest BCUT2D eigenvalue weighted by Gasteiger charge is 2.36. The van der Waals surface area contributed by atoms with Gasteiger partial charge in [0.1, 0.15) is 0 Å². The molecule has 0 fully saturated rings. The van der Waals surface area contributed by atoms with E-state index in [2.05, 4.69) is 40.8 Å². The van der Waals surface area contributed by atoms with Crippen LogP contribution in [0.25, 0.3) is 0 Å². The van der Waals surface area contributed by atoms with Gasteiger partial charge in [0.25, 0.3) is 0 Å². The van der Waals surface area contributed by atoms with Gasteiger partial charge < -0.3 is 10.6 Å². The minimum absolute atomic E-state index is 0. The molecule has 0 spiro atoms. The molecule has 82 valence electrons. The van der Waals surface area contributed by atoms with E-state index in [1.54, 1.807) is 0 Å². The predicted octanol–water partition coefficient (Wildman–Crippen LogP) is 3.97. The first kappa shape index (κ1) is 15.6. The number of unbranched alkanes of at least 4 members (excludes halogenated alkanes) is 1. The summed E-state index contributed by atoms with van der Waals surface area (Å²) >= 11 is 0. The average molecular weight is 205 g/mol. The van der Waals surface area contributed by atoms with Gasteiger partial charge in [0.05, 0.1) is 0 Å². The molecule has 0 amide bonds. The monoisotopic (exact) mass is 205 g/mol. The fourth-order valence-corrected chi connectivity index (χ4v) is 1.78. The molecule has 3 heteroatoms. The van der Waals surface area contributed by atoms with Crippen LogP contribution in [0, 0.1) is 0 Å². The number of rotatable bonds is 4. The van der Waals surface area contributed by atoms with Gasteiger partial charge in [-0.2, -0.15) is 0 Å². The Kier molecular flexibility index (Phi) is 6.94. The SMILES string of the molecule is CCCCO[Si](C)(C)C(C)(C)C.N. The van der Waals surface area contributed by atoms with E-state index in [0.29, 0.717) is 5.04 Å². The summed E-state index contributed by atoms with van der Waals surface area (Å²) in [6.45, 7) is 14.6. The first-order valence-electron chi connectivity index (χ1n) is 4.95. The van der Waals surface area contributed by atoms with Crippen molar-refractivity contribution in [2.24, 2.45) is 0 Å². The fourth-order valence-electron chi connectivity index (χ4n) is 0.688. The van der Waals surface area contributed by atoms with E-state index in [4.69, 9.17) is 4.43 Å². The molecule has 0 rings (SSSR count). The lowest BCUT2D eigenvalue weighted by atomic mass is 10.2. The summed E-state index contributed by atoms with van der Waals surface area (Å²) in [6, 6.07) is 0. The van der Waals surface area contributed by atoms with Crippen LogP contribution in [-0.4, -0.2) is 14.9 Å². The van der Waals surface area contributed by atoms with Crippen LogP contribution < -0.4 is 6.15 Å². The van der Waals surface area contributed by atoms with E-state index >= 15 is 0 Å². The maximum Gasteiger partial charge on any atom is 0.191 e. The van der Waals surface area contributed by atoms with Crippen LogP contribution >= 0.6 is 0 Å². The van der Waals surface area contributed by atoms with Gasteiger partial charge in [0.15, 0.2) is 8.32 Å². The Morgan fingerprint density at radius 2 is 1.62 bits per heavy atom. The van der Waals surface area contributed by atoms with Crippen molar-refractivity contribution in [3.63, 3.8) is 0 Å². The Balaban J connectivity index is 0. The summed E-state index contributed by atoms with van der Waals surface area (Å²) in [5, 5.41) is 0.362.